The Balaban J connectivity index is 2.36. The fraction of sp³-hybridized carbons (Fsp3) is 0.259. The van der Waals surface area contributed by atoms with Gasteiger partial charge in [-0.1, -0.05) is 6.58 Å². The van der Waals surface area contributed by atoms with Gasteiger partial charge in [0.25, 0.3) is 11.8 Å². The lowest BCUT2D eigenvalue weighted by Gasteiger charge is -2.24. The lowest BCUT2D eigenvalue weighted by Crippen LogP contribution is -2.46. The number of anilines is 1. The first-order valence-corrected chi connectivity index (χ1v) is 11.9. The third-order valence-electron chi connectivity index (χ3n) is 5.75. The monoisotopic (exact) mass is 555 g/mol. The summed E-state index contributed by atoms with van der Waals surface area (Å²) < 4.78 is 30.7. The molecule has 0 saturated carbocycles. The number of nitrogens with zero attached hydrogens (tertiary/aromatic N) is 2. The Morgan fingerprint density at radius 2 is 1.77 bits per heavy atom. The number of rotatable bonds is 14. The van der Waals surface area contributed by atoms with Gasteiger partial charge in [-0.15, -0.1) is 0 Å². The third-order valence-corrected chi connectivity index (χ3v) is 5.75. The summed E-state index contributed by atoms with van der Waals surface area (Å²) in [6, 6.07) is 7.34. The summed E-state index contributed by atoms with van der Waals surface area (Å²) in [6.45, 7) is 8.12. The molecule has 0 aliphatic carbocycles. The zero-order chi connectivity index (χ0) is 29.8. The fourth-order valence-corrected chi connectivity index (χ4v) is 3.47. The number of carbonyl (C=O) groups is 2. The minimum Gasteiger partial charge on any atom is -0.493 e. The van der Waals surface area contributed by atoms with Crippen molar-refractivity contribution < 1.29 is 28.2 Å². The van der Waals surface area contributed by atoms with Crippen LogP contribution in [0, 0.1) is 11.2 Å². The average molecular weight is 556 g/mol. The van der Waals surface area contributed by atoms with E-state index >= 15 is 4.39 Å². The van der Waals surface area contributed by atoms with Crippen LogP contribution in [0.15, 0.2) is 65.4 Å². The van der Waals surface area contributed by atoms with Crippen molar-refractivity contribution >= 4 is 30.1 Å². The SMILES string of the molecule is C=N/C=C(\C(=C)N(C)CCOC)C(=O)NNC(=O)C(Nc1ccc(C(=N)N)cc1)c1cc(OC)c(OC)cc1F. The van der Waals surface area contributed by atoms with Crippen LogP contribution < -0.4 is 31.4 Å². The van der Waals surface area contributed by atoms with Crippen LogP contribution in [-0.2, 0) is 14.3 Å². The highest BCUT2D eigenvalue weighted by atomic mass is 19.1. The molecule has 13 heteroatoms. The van der Waals surface area contributed by atoms with E-state index in [0.29, 0.717) is 30.1 Å². The molecule has 0 spiro atoms. The number of halogens is 1. The minimum absolute atomic E-state index is 0.0375. The molecular formula is C27H34FN7O5. The van der Waals surface area contributed by atoms with Crippen LogP contribution in [0.25, 0.3) is 0 Å². The number of nitrogen functional groups attached to an aromatic ring is 1. The van der Waals surface area contributed by atoms with Crippen LogP contribution in [0.3, 0.4) is 0 Å². The van der Waals surface area contributed by atoms with Crippen molar-refractivity contribution in [2.75, 3.05) is 46.8 Å². The number of hydrazine groups is 1. The lowest BCUT2D eigenvalue weighted by atomic mass is 10.0. The molecule has 1 atom stereocenters. The van der Waals surface area contributed by atoms with Crippen molar-refractivity contribution in [1.82, 2.24) is 15.8 Å². The quantitative estimate of drug-likeness (QED) is 0.0778. The molecule has 0 aromatic heterocycles. The molecule has 2 aromatic carbocycles. The zero-order valence-corrected chi connectivity index (χ0v) is 22.8. The van der Waals surface area contributed by atoms with Gasteiger partial charge in [0.2, 0.25) is 0 Å². The van der Waals surface area contributed by atoms with Crippen molar-refractivity contribution in [1.29, 1.82) is 5.41 Å². The van der Waals surface area contributed by atoms with Crippen LogP contribution in [0.2, 0.25) is 0 Å². The Hall–Kier alpha value is -4.91. The van der Waals surface area contributed by atoms with E-state index in [2.05, 4.69) is 34.5 Å². The van der Waals surface area contributed by atoms with Gasteiger partial charge in [0.1, 0.15) is 17.7 Å². The number of aliphatic imine (C=N–C) groups is 1. The number of methoxy groups -OCH3 is 3. The van der Waals surface area contributed by atoms with Gasteiger partial charge in [-0.05, 0) is 37.0 Å². The topological polar surface area (TPSA) is 163 Å². The van der Waals surface area contributed by atoms with Crippen LogP contribution in [-0.4, -0.2) is 70.8 Å². The maximum absolute atomic E-state index is 15.2. The number of likely N-dealkylation sites (N-methyl/N-ethyl adjacent to an activating group) is 1. The summed E-state index contributed by atoms with van der Waals surface area (Å²) >= 11 is 0. The van der Waals surface area contributed by atoms with E-state index in [1.165, 1.54) is 26.5 Å². The normalized spacial score (nSPS) is 11.6. The molecule has 214 valence electrons. The van der Waals surface area contributed by atoms with Crippen LogP contribution in [0.4, 0.5) is 10.1 Å². The molecule has 12 nitrogen and oxygen atoms in total. The van der Waals surface area contributed by atoms with E-state index in [0.717, 1.165) is 6.07 Å². The van der Waals surface area contributed by atoms with Gasteiger partial charge in [-0.3, -0.25) is 30.8 Å². The summed E-state index contributed by atoms with van der Waals surface area (Å²) in [5.41, 5.74) is 11.3. The first-order chi connectivity index (χ1) is 19.1. The summed E-state index contributed by atoms with van der Waals surface area (Å²) in [6.07, 6.45) is 1.20. The van der Waals surface area contributed by atoms with Crippen LogP contribution >= 0.6 is 0 Å². The van der Waals surface area contributed by atoms with E-state index in [-0.39, 0.29) is 28.5 Å². The molecular weight excluding hydrogens is 521 g/mol. The number of amides is 2. The summed E-state index contributed by atoms with van der Waals surface area (Å²) in [5, 5.41) is 10.5. The zero-order valence-electron chi connectivity index (χ0n) is 22.8. The second-order valence-corrected chi connectivity index (χ2v) is 8.33. The number of carbonyl (C=O) groups excluding carboxylic acids is 2. The van der Waals surface area contributed by atoms with Gasteiger partial charge in [-0.25, -0.2) is 4.39 Å². The van der Waals surface area contributed by atoms with E-state index in [9.17, 15) is 9.59 Å². The Morgan fingerprint density at radius 3 is 2.33 bits per heavy atom. The standard InChI is InChI=1S/C27H34FN7O5/c1-16(35(3)11-12-38-4)20(15-31-2)26(36)33-34-27(37)24(32-18-9-7-17(8-10-18)25(29)30)19-13-22(39-5)23(40-6)14-21(19)28/h7-10,13-15,24,32H,1-2,11-12H2,3-6H3,(H3,29,30)(H,33,36)(H,34,37)/b20-15+. The Labute approximate surface area is 232 Å². The molecule has 6 N–H and O–H groups in total. The fourth-order valence-electron chi connectivity index (χ4n) is 3.47. The Morgan fingerprint density at radius 1 is 1.15 bits per heavy atom. The van der Waals surface area contributed by atoms with Gasteiger partial charge in [0.05, 0.1) is 26.4 Å². The van der Waals surface area contributed by atoms with Crippen molar-refractivity contribution in [2.45, 2.75) is 6.04 Å². The maximum atomic E-state index is 15.2. The second-order valence-electron chi connectivity index (χ2n) is 8.33. The molecule has 0 fully saturated rings. The first-order valence-electron chi connectivity index (χ1n) is 11.9. The molecule has 40 heavy (non-hydrogen) atoms. The predicted octanol–water partition coefficient (Wildman–Crippen LogP) is 2.10. The molecule has 0 aliphatic rings. The van der Waals surface area contributed by atoms with Crippen molar-refractivity contribution in [3.8, 4) is 11.5 Å². The van der Waals surface area contributed by atoms with Gasteiger partial charge in [-0.2, -0.15) is 0 Å². The number of benzene rings is 2. The van der Waals surface area contributed by atoms with E-state index in [1.807, 2.05) is 0 Å². The second kappa shape index (κ2) is 14.9. The highest BCUT2D eigenvalue weighted by Crippen LogP contribution is 2.34. The van der Waals surface area contributed by atoms with Crippen molar-refractivity contribution in [2.24, 2.45) is 10.7 Å². The molecule has 0 saturated heterocycles. The number of amidine groups is 1. The van der Waals surface area contributed by atoms with Crippen molar-refractivity contribution in [3.05, 3.63) is 77.4 Å². The van der Waals surface area contributed by atoms with Gasteiger partial charge in [0, 0.05) is 55.5 Å². The third kappa shape index (κ3) is 8.04. The predicted molar refractivity (Wildman–Crippen MR) is 151 cm³/mol. The molecule has 0 radical (unpaired) electrons. The Kier molecular flexibility index (Phi) is 11.6. The highest BCUT2D eigenvalue weighted by Gasteiger charge is 2.27. The molecule has 0 heterocycles. The largest absolute Gasteiger partial charge is 0.493 e. The number of nitrogens with two attached hydrogens (primary N) is 1. The maximum Gasteiger partial charge on any atom is 0.273 e. The number of nitrogens with one attached hydrogen (secondary N) is 4. The van der Waals surface area contributed by atoms with Crippen LogP contribution in [0.5, 0.6) is 11.5 Å². The van der Waals surface area contributed by atoms with E-state index in [4.69, 9.17) is 25.4 Å². The molecule has 2 aromatic rings. The lowest BCUT2D eigenvalue weighted by molar-refractivity contribution is -0.127. The molecule has 0 aliphatic heterocycles. The number of hydrogen-bond acceptors (Lipinski definition) is 9. The number of hydrogen-bond donors (Lipinski definition) is 5. The highest BCUT2D eigenvalue weighted by molar-refractivity contribution is 5.99. The first kappa shape index (κ1) is 31.3. The molecule has 2 amide bonds. The minimum atomic E-state index is -1.35. The summed E-state index contributed by atoms with van der Waals surface area (Å²) in [4.78, 5) is 31.7. The number of ether oxygens (including phenoxy) is 3. The summed E-state index contributed by atoms with van der Waals surface area (Å²) in [7, 11) is 5.99. The van der Waals surface area contributed by atoms with Gasteiger partial charge >= 0.3 is 0 Å². The van der Waals surface area contributed by atoms with Crippen LogP contribution in [0.1, 0.15) is 17.2 Å². The smallest absolute Gasteiger partial charge is 0.273 e. The molecule has 1 unspecified atom stereocenters. The van der Waals surface area contributed by atoms with Gasteiger partial charge in [0.15, 0.2) is 11.5 Å². The average Bonchev–Trinajstić information content (AvgIpc) is 2.95. The van der Waals surface area contributed by atoms with E-state index < -0.39 is 23.7 Å². The Bertz CT molecular complexity index is 1280. The van der Waals surface area contributed by atoms with Crippen molar-refractivity contribution in [3.63, 3.8) is 0 Å². The van der Waals surface area contributed by atoms with Gasteiger partial charge < -0.3 is 30.2 Å². The molecule has 2 rings (SSSR count). The molecule has 0 bridgehead atoms. The summed E-state index contributed by atoms with van der Waals surface area (Å²) in [5.74, 6) is -2.12. The van der Waals surface area contributed by atoms with E-state index in [1.54, 1.807) is 43.3 Å².